The molecule has 1 saturated carbocycles. The molecule has 5 aromatic rings. The van der Waals surface area contributed by atoms with Gasteiger partial charge < -0.3 is 24.0 Å². The van der Waals surface area contributed by atoms with E-state index in [0.717, 1.165) is 51.9 Å². The number of hydrogen-bond acceptors (Lipinski definition) is 12. The Hall–Kier alpha value is -5.77. The molecule has 2 N–H and O–H groups in total. The Balaban J connectivity index is 0.754. The number of amides is 3. The van der Waals surface area contributed by atoms with Gasteiger partial charge in [-0.25, -0.2) is 18.6 Å². The van der Waals surface area contributed by atoms with E-state index in [1.165, 1.54) is 35.0 Å². The average Bonchev–Trinajstić information content (AvgIpc) is 3.77. The molecule has 322 valence electrons. The molecule has 3 amide bonds. The standard InChI is InChI=1S/C44H46F2N10O5S/c1-25(2)62-51-35-7-5-32(45)39(31(35)20-47)61-28-4-6-34-29(14-28)41(58)56(24-48-34)27-19-44(60-21-27)9-12-53(13-10-44)26-17-43(18-26)22-54(23-43)37-16-36-30(15-33(37)46)40(50-52(36)3)55-11-8-38(57)49-42(55)59/h4-7,14-16,24-27,51H,8-13,17-19,21-23H2,1-3H3,(H,49,57,59). The van der Waals surface area contributed by atoms with Gasteiger partial charge in [-0.05, 0) is 86.5 Å². The number of nitrogens with one attached hydrogen (secondary N) is 2. The molecule has 62 heavy (non-hydrogen) atoms. The van der Waals surface area contributed by atoms with E-state index in [1.54, 1.807) is 40.8 Å². The van der Waals surface area contributed by atoms with Crippen molar-refractivity contribution in [2.24, 2.45) is 12.5 Å². The summed E-state index contributed by atoms with van der Waals surface area (Å²) in [7, 11) is 1.77. The van der Waals surface area contributed by atoms with Crippen molar-refractivity contribution in [1.29, 1.82) is 5.26 Å². The number of piperidine rings is 1. The van der Waals surface area contributed by atoms with Crippen LogP contribution in [-0.4, -0.2) is 92.4 Å². The lowest BCUT2D eigenvalue weighted by atomic mass is 9.59. The van der Waals surface area contributed by atoms with Gasteiger partial charge in [0.2, 0.25) is 5.91 Å². The van der Waals surface area contributed by atoms with Crippen LogP contribution in [0.5, 0.6) is 11.5 Å². The highest BCUT2D eigenvalue weighted by atomic mass is 32.2. The summed E-state index contributed by atoms with van der Waals surface area (Å²) in [5.74, 6) is -1.04. The molecule has 4 aliphatic heterocycles. The molecule has 2 spiro atoms. The predicted molar refractivity (Wildman–Crippen MR) is 231 cm³/mol. The van der Waals surface area contributed by atoms with E-state index < -0.39 is 11.8 Å². The minimum Gasteiger partial charge on any atom is -0.453 e. The van der Waals surface area contributed by atoms with Crippen molar-refractivity contribution in [2.75, 3.05) is 53.9 Å². The molecule has 0 bridgehead atoms. The van der Waals surface area contributed by atoms with Crippen LogP contribution in [0.2, 0.25) is 0 Å². The maximum absolute atomic E-state index is 15.7. The lowest BCUT2D eigenvalue weighted by molar-refractivity contribution is -0.120. The predicted octanol–water partition coefficient (Wildman–Crippen LogP) is 6.61. The van der Waals surface area contributed by atoms with Crippen LogP contribution >= 0.6 is 11.9 Å². The molecule has 0 radical (unpaired) electrons. The summed E-state index contributed by atoms with van der Waals surface area (Å²) in [5, 5.41) is 17.8. The van der Waals surface area contributed by atoms with Crippen LogP contribution in [0.1, 0.15) is 64.0 Å². The maximum atomic E-state index is 15.7. The van der Waals surface area contributed by atoms with Gasteiger partial charge in [-0.3, -0.25) is 29.1 Å². The van der Waals surface area contributed by atoms with Gasteiger partial charge >= 0.3 is 6.03 Å². The zero-order valence-corrected chi connectivity index (χ0v) is 35.4. The zero-order chi connectivity index (χ0) is 43.1. The first-order chi connectivity index (χ1) is 29.8. The lowest BCUT2D eigenvalue weighted by Gasteiger charge is -2.62. The second-order valence-electron chi connectivity index (χ2n) is 17.7. The third-order valence-corrected chi connectivity index (χ3v) is 14.2. The number of anilines is 3. The highest BCUT2D eigenvalue weighted by Gasteiger charge is 2.55. The second-order valence-corrected chi connectivity index (χ2v) is 19.1. The van der Waals surface area contributed by atoms with Crippen LogP contribution in [-0.2, 0) is 16.6 Å². The van der Waals surface area contributed by atoms with E-state index in [4.69, 9.17) is 9.47 Å². The maximum Gasteiger partial charge on any atom is 0.329 e. The summed E-state index contributed by atoms with van der Waals surface area (Å²) in [6.07, 6.45) is 6.25. The molecule has 5 aliphatic rings. The number of carbonyl (C=O) groups excluding carboxylic acids is 2. The number of nitriles is 1. The lowest BCUT2D eigenvalue weighted by Crippen LogP contribution is -2.67. The number of fused-ring (bicyclic) bond motifs is 2. The van der Waals surface area contributed by atoms with Crippen LogP contribution in [0.15, 0.2) is 53.6 Å². The number of hydrogen-bond donors (Lipinski definition) is 2. The van der Waals surface area contributed by atoms with Gasteiger partial charge in [0.1, 0.15) is 23.2 Å². The number of benzene rings is 3. The summed E-state index contributed by atoms with van der Waals surface area (Å²) in [5.41, 5.74) is 1.79. The first kappa shape index (κ1) is 40.3. The number of aromatic nitrogens is 4. The number of likely N-dealkylation sites (tertiary alicyclic amines) is 1. The fraction of sp³-hybridized carbons (Fsp3) is 0.455. The highest BCUT2D eigenvalue weighted by molar-refractivity contribution is 8.01. The van der Waals surface area contributed by atoms with Crippen LogP contribution in [0.4, 0.5) is 30.8 Å². The van der Waals surface area contributed by atoms with Crippen molar-refractivity contribution < 1.29 is 27.8 Å². The third kappa shape index (κ3) is 6.99. The van der Waals surface area contributed by atoms with Gasteiger partial charge in [-0.15, -0.1) is 0 Å². The van der Waals surface area contributed by atoms with E-state index in [9.17, 15) is 19.6 Å². The van der Waals surface area contributed by atoms with Gasteiger partial charge in [0, 0.05) is 68.3 Å². The first-order valence-electron chi connectivity index (χ1n) is 21.1. The van der Waals surface area contributed by atoms with Gasteiger partial charge in [0.25, 0.3) is 5.56 Å². The van der Waals surface area contributed by atoms with Crippen molar-refractivity contribution in [3.8, 4) is 17.6 Å². The summed E-state index contributed by atoms with van der Waals surface area (Å²) in [4.78, 5) is 48.8. The van der Waals surface area contributed by atoms with E-state index >= 15 is 8.78 Å². The van der Waals surface area contributed by atoms with Gasteiger partial charge in [-0.1, -0.05) is 13.8 Å². The Kier molecular flexibility index (Phi) is 9.91. The number of nitrogens with zero attached hydrogens (tertiary/aromatic N) is 8. The Morgan fingerprint density at radius 1 is 1.00 bits per heavy atom. The number of imide groups is 1. The van der Waals surface area contributed by atoms with Crippen LogP contribution in [0, 0.1) is 28.4 Å². The fourth-order valence-corrected chi connectivity index (χ4v) is 10.6. The Bertz CT molecular complexity index is 2750. The number of aryl methyl sites for hydroxylation is 1. The first-order valence-corrected chi connectivity index (χ1v) is 21.9. The van der Waals surface area contributed by atoms with Crippen molar-refractivity contribution in [3.63, 3.8) is 0 Å². The number of urea groups is 1. The number of rotatable bonds is 9. The Labute approximate surface area is 360 Å². The van der Waals surface area contributed by atoms with Crippen LogP contribution < -0.4 is 30.1 Å². The molecule has 15 nitrogen and oxygen atoms in total. The van der Waals surface area contributed by atoms with Crippen LogP contribution in [0.3, 0.4) is 0 Å². The highest BCUT2D eigenvalue weighted by Crippen LogP contribution is 2.53. The molecular weight excluding hydrogens is 819 g/mol. The zero-order valence-electron chi connectivity index (χ0n) is 34.6. The monoisotopic (exact) mass is 864 g/mol. The average molecular weight is 865 g/mol. The van der Waals surface area contributed by atoms with E-state index in [1.807, 2.05) is 19.9 Å². The number of carbonyl (C=O) groups is 2. The van der Waals surface area contributed by atoms with Gasteiger partial charge in [0.05, 0.1) is 52.4 Å². The van der Waals surface area contributed by atoms with E-state index in [0.29, 0.717) is 58.1 Å². The molecule has 2 aromatic heterocycles. The Morgan fingerprint density at radius 2 is 1.79 bits per heavy atom. The minimum absolute atomic E-state index is 0.0316. The molecule has 3 aromatic carbocycles. The molecule has 1 unspecified atom stereocenters. The van der Waals surface area contributed by atoms with Gasteiger partial charge in [-0.2, -0.15) is 10.4 Å². The van der Waals surface area contributed by atoms with Crippen molar-refractivity contribution >= 4 is 62.9 Å². The summed E-state index contributed by atoms with van der Waals surface area (Å²) in [6.45, 7) is 7.93. The fourth-order valence-electron chi connectivity index (χ4n) is 10.1. The minimum atomic E-state index is -0.687. The SMILES string of the molecule is CC(C)SNc1ccc(F)c(Oc2ccc3ncn(C4COC5(CCN(C6CC7(C6)CN(c6cc8c(cc6F)c(N6CCC(=O)NC6=O)nn8C)C7)CC5)C4)c(=O)c3c2)c1C#N. The molecule has 6 heterocycles. The van der Waals surface area contributed by atoms with Gasteiger partial charge in [0.15, 0.2) is 17.4 Å². The van der Waals surface area contributed by atoms with E-state index in [-0.39, 0.29) is 69.6 Å². The number of halogens is 2. The van der Waals surface area contributed by atoms with Crippen LogP contribution in [0.25, 0.3) is 21.8 Å². The molecule has 5 fully saturated rings. The van der Waals surface area contributed by atoms with Crippen molar-refractivity contribution in [1.82, 2.24) is 29.5 Å². The molecule has 1 aliphatic carbocycles. The normalized spacial score (nSPS) is 21.1. The topological polar surface area (TPSA) is 163 Å². The molecule has 10 rings (SSSR count). The molecule has 4 saturated heterocycles. The summed E-state index contributed by atoms with van der Waals surface area (Å²) < 4.78 is 49.6. The molecule has 1 atom stereocenters. The quantitative estimate of drug-likeness (QED) is 0.153. The largest absolute Gasteiger partial charge is 0.453 e. The van der Waals surface area contributed by atoms with Crippen molar-refractivity contribution in [3.05, 3.63) is 76.3 Å². The Morgan fingerprint density at radius 3 is 2.53 bits per heavy atom. The molecule has 18 heteroatoms. The second kappa shape index (κ2) is 15.2. The smallest absolute Gasteiger partial charge is 0.329 e. The summed E-state index contributed by atoms with van der Waals surface area (Å²) in [6, 6.07) is 12.6. The molecular formula is C44H46F2N10O5S. The van der Waals surface area contributed by atoms with E-state index in [2.05, 4.69) is 36.0 Å². The summed E-state index contributed by atoms with van der Waals surface area (Å²) >= 11 is 1.40. The third-order valence-electron chi connectivity index (χ3n) is 13.3. The van der Waals surface area contributed by atoms with Crippen molar-refractivity contribution in [2.45, 2.75) is 75.3 Å². The number of ether oxygens (including phenoxy) is 2.